The van der Waals surface area contributed by atoms with E-state index in [1.54, 1.807) is 24.3 Å². The molecule has 20 heavy (non-hydrogen) atoms. The second-order valence-electron chi connectivity index (χ2n) is 5.33. The molecule has 0 saturated carbocycles. The predicted octanol–water partition coefficient (Wildman–Crippen LogP) is 2.26. The van der Waals surface area contributed by atoms with E-state index in [0.717, 1.165) is 0 Å². The van der Waals surface area contributed by atoms with E-state index in [-0.39, 0.29) is 29.6 Å². The predicted molar refractivity (Wildman–Crippen MR) is 73.6 cm³/mol. The van der Waals surface area contributed by atoms with Gasteiger partial charge in [-0.05, 0) is 36.6 Å². The molecule has 100 valence electrons. The Labute approximate surface area is 117 Å². The summed E-state index contributed by atoms with van der Waals surface area (Å²) >= 11 is 0. The third-order valence-electron chi connectivity index (χ3n) is 4.13. The van der Waals surface area contributed by atoms with Gasteiger partial charge in [0.05, 0.1) is 29.2 Å². The van der Waals surface area contributed by atoms with Gasteiger partial charge in [0, 0.05) is 0 Å². The average molecular weight is 266 g/mol. The van der Waals surface area contributed by atoms with Crippen molar-refractivity contribution in [3.05, 3.63) is 42.0 Å². The summed E-state index contributed by atoms with van der Waals surface area (Å²) in [6, 6.07) is 8.59. The summed E-state index contributed by atoms with van der Waals surface area (Å²) in [5.74, 6) is -0.641. The molecule has 2 aliphatic rings. The SMILES string of the molecule is CC1C=CCC2C(=O)N(c3ccc(C#N)cc3)C(=O)C12. The second kappa shape index (κ2) is 4.61. The molecule has 4 heteroatoms. The van der Waals surface area contributed by atoms with Crippen LogP contribution in [0.25, 0.3) is 0 Å². The van der Waals surface area contributed by atoms with Crippen LogP contribution in [0, 0.1) is 29.1 Å². The van der Waals surface area contributed by atoms with Gasteiger partial charge in [0.15, 0.2) is 0 Å². The fourth-order valence-corrected chi connectivity index (χ4v) is 3.09. The first-order chi connectivity index (χ1) is 9.63. The number of imide groups is 1. The molecule has 0 spiro atoms. The number of hydrogen-bond donors (Lipinski definition) is 0. The summed E-state index contributed by atoms with van der Waals surface area (Å²) in [6.07, 6.45) is 4.63. The molecule has 3 rings (SSSR count). The Morgan fingerprint density at radius 1 is 1.20 bits per heavy atom. The van der Waals surface area contributed by atoms with Gasteiger partial charge in [-0.1, -0.05) is 19.1 Å². The third kappa shape index (κ3) is 1.75. The van der Waals surface area contributed by atoms with Crippen molar-refractivity contribution in [2.24, 2.45) is 17.8 Å². The number of fused-ring (bicyclic) bond motifs is 1. The summed E-state index contributed by atoms with van der Waals surface area (Å²) in [5, 5.41) is 8.80. The average Bonchev–Trinajstić information content (AvgIpc) is 2.72. The Morgan fingerprint density at radius 2 is 1.90 bits per heavy atom. The number of hydrogen-bond acceptors (Lipinski definition) is 3. The maximum absolute atomic E-state index is 12.5. The number of carbonyl (C=O) groups excluding carboxylic acids is 2. The van der Waals surface area contributed by atoms with Crippen LogP contribution in [0.4, 0.5) is 5.69 Å². The topological polar surface area (TPSA) is 61.2 Å². The molecule has 2 amide bonds. The molecule has 0 bridgehead atoms. The van der Waals surface area contributed by atoms with E-state index in [0.29, 0.717) is 17.7 Å². The number of nitriles is 1. The Kier molecular flexibility index (Phi) is 2.90. The maximum atomic E-state index is 12.5. The highest BCUT2D eigenvalue weighted by Crippen LogP contribution is 2.40. The van der Waals surface area contributed by atoms with E-state index in [9.17, 15) is 9.59 Å². The summed E-state index contributed by atoms with van der Waals surface area (Å²) in [5.41, 5.74) is 1.07. The maximum Gasteiger partial charge on any atom is 0.238 e. The van der Waals surface area contributed by atoms with Gasteiger partial charge >= 0.3 is 0 Å². The van der Waals surface area contributed by atoms with Crippen molar-refractivity contribution in [2.75, 3.05) is 4.90 Å². The molecule has 0 aromatic heterocycles. The number of anilines is 1. The minimum atomic E-state index is -0.247. The highest BCUT2D eigenvalue weighted by atomic mass is 16.2. The van der Waals surface area contributed by atoms with E-state index < -0.39 is 0 Å². The first-order valence-corrected chi connectivity index (χ1v) is 6.68. The minimum Gasteiger partial charge on any atom is -0.274 e. The fourth-order valence-electron chi connectivity index (χ4n) is 3.09. The second-order valence-corrected chi connectivity index (χ2v) is 5.33. The molecule has 1 saturated heterocycles. The van der Waals surface area contributed by atoms with Crippen LogP contribution in [-0.4, -0.2) is 11.8 Å². The number of allylic oxidation sites excluding steroid dienone is 2. The van der Waals surface area contributed by atoms with Crippen molar-refractivity contribution in [3.8, 4) is 6.07 Å². The molecule has 0 radical (unpaired) electrons. The zero-order valence-electron chi connectivity index (χ0n) is 11.1. The molecule has 1 aliphatic carbocycles. The van der Waals surface area contributed by atoms with Crippen molar-refractivity contribution in [3.63, 3.8) is 0 Å². The highest BCUT2D eigenvalue weighted by molar-refractivity contribution is 6.22. The normalized spacial score (nSPS) is 28.4. The van der Waals surface area contributed by atoms with Crippen LogP contribution in [0.15, 0.2) is 36.4 Å². The molecule has 1 aromatic rings. The summed E-state index contributed by atoms with van der Waals surface area (Å²) in [6.45, 7) is 1.97. The lowest BCUT2D eigenvalue weighted by molar-refractivity contribution is -0.122. The van der Waals surface area contributed by atoms with Gasteiger partial charge in [0.1, 0.15) is 0 Å². The Balaban J connectivity index is 1.97. The van der Waals surface area contributed by atoms with Gasteiger partial charge < -0.3 is 0 Å². The number of nitrogens with zero attached hydrogens (tertiary/aromatic N) is 2. The summed E-state index contributed by atoms with van der Waals surface area (Å²) < 4.78 is 0. The quantitative estimate of drug-likeness (QED) is 0.578. The van der Waals surface area contributed by atoms with Crippen molar-refractivity contribution in [1.82, 2.24) is 0 Å². The van der Waals surface area contributed by atoms with Crippen LogP contribution in [0.1, 0.15) is 18.9 Å². The van der Waals surface area contributed by atoms with Crippen molar-refractivity contribution in [1.29, 1.82) is 5.26 Å². The monoisotopic (exact) mass is 266 g/mol. The molecule has 0 N–H and O–H groups in total. The number of carbonyl (C=O) groups is 2. The van der Waals surface area contributed by atoms with Gasteiger partial charge in [0.2, 0.25) is 11.8 Å². The zero-order chi connectivity index (χ0) is 14.3. The smallest absolute Gasteiger partial charge is 0.238 e. The van der Waals surface area contributed by atoms with E-state index in [4.69, 9.17) is 5.26 Å². The largest absolute Gasteiger partial charge is 0.274 e. The Morgan fingerprint density at radius 3 is 2.50 bits per heavy atom. The van der Waals surface area contributed by atoms with Gasteiger partial charge in [-0.2, -0.15) is 5.26 Å². The number of rotatable bonds is 1. The molecular weight excluding hydrogens is 252 g/mol. The van der Waals surface area contributed by atoms with Crippen molar-refractivity contribution >= 4 is 17.5 Å². The molecular formula is C16H14N2O2. The van der Waals surface area contributed by atoms with E-state index >= 15 is 0 Å². The van der Waals surface area contributed by atoms with Gasteiger partial charge in [-0.25, -0.2) is 0 Å². The zero-order valence-corrected chi connectivity index (χ0v) is 11.1. The first kappa shape index (κ1) is 12.6. The van der Waals surface area contributed by atoms with Crippen LogP contribution in [0.3, 0.4) is 0 Å². The van der Waals surface area contributed by atoms with Crippen LogP contribution in [0.2, 0.25) is 0 Å². The van der Waals surface area contributed by atoms with Crippen molar-refractivity contribution < 1.29 is 9.59 Å². The Bertz CT molecular complexity index is 639. The fraction of sp³-hybridized carbons (Fsp3) is 0.312. The summed E-state index contributed by atoms with van der Waals surface area (Å²) in [7, 11) is 0. The van der Waals surface area contributed by atoms with E-state index in [1.165, 1.54) is 4.90 Å². The lowest BCUT2D eigenvalue weighted by atomic mass is 9.78. The number of amides is 2. The van der Waals surface area contributed by atoms with Gasteiger partial charge in [-0.3, -0.25) is 14.5 Å². The molecule has 1 fully saturated rings. The molecule has 1 aromatic carbocycles. The molecule has 4 nitrogen and oxygen atoms in total. The lowest BCUT2D eigenvalue weighted by Crippen LogP contribution is -2.31. The van der Waals surface area contributed by atoms with Crippen LogP contribution in [-0.2, 0) is 9.59 Å². The minimum absolute atomic E-state index is 0.0913. The molecule has 3 unspecified atom stereocenters. The molecule has 1 aliphatic heterocycles. The first-order valence-electron chi connectivity index (χ1n) is 6.68. The van der Waals surface area contributed by atoms with Gasteiger partial charge in [-0.15, -0.1) is 0 Å². The van der Waals surface area contributed by atoms with Crippen LogP contribution in [0.5, 0.6) is 0 Å². The highest BCUT2D eigenvalue weighted by Gasteiger charge is 2.50. The van der Waals surface area contributed by atoms with E-state index in [2.05, 4.69) is 0 Å². The lowest BCUT2D eigenvalue weighted by Gasteiger charge is -2.22. The third-order valence-corrected chi connectivity index (χ3v) is 4.13. The van der Waals surface area contributed by atoms with E-state index in [1.807, 2.05) is 25.1 Å². The number of benzene rings is 1. The summed E-state index contributed by atoms with van der Waals surface area (Å²) in [4.78, 5) is 26.3. The van der Waals surface area contributed by atoms with Crippen LogP contribution < -0.4 is 4.90 Å². The molecule has 1 heterocycles. The van der Waals surface area contributed by atoms with Crippen LogP contribution >= 0.6 is 0 Å². The van der Waals surface area contributed by atoms with Crippen molar-refractivity contribution in [2.45, 2.75) is 13.3 Å². The molecule has 3 atom stereocenters. The van der Waals surface area contributed by atoms with Gasteiger partial charge in [0.25, 0.3) is 0 Å². The standard InChI is InChI=1S/C16H14N2O2/c1-10-3-2-4-13-14(10)16(20)18(15(13)19)12-7-5-11(9-17)6-8-12/h2-3,5-8,10,13-14H,4H2,1H3. The Hall–Kier alpha value is -2.41.